The molecule has 108 valence electrons. The zero-order chi connectivity index (χ0) is 15.1. The highest BCUT2D eigenvalue weighted by molar-refractivity contribution is 5.94. The lowest BCUT2D eigenvalue weighted by atomic mass is 10.2. The zero-order valence-electron chi connectivity index (χ0n) is 11.7. The van der Waals surface area contributed by atoms with Gasteiger partial charge in [0.1, 0.15) is 24.5 Å². The van der Waals surface area contributed by atoms with Crippen molar-refractivity contribution in [2.45, 2.75) is 13.5 Å². The lowest BCUT2D eigenvalue weighted by molar-refractivity contribution is 0.0952. The van der Waals surface area contributed by atoms with Gasteiger partial charge in [0.2, 0.25) is 0 Å². The first kappa shape index (κ1) is 14.6. The molecular formula is C15H16N4O2. The Morgan fingerprint density at radius 3 is 2.81 bits per heavy atom. The number of ether oxygens (including phenoxy) is 1. The van der Waals surface area contributed by atoms with E-state index in [0.717, 1.165) is 5.82 Å². The minimum absolute atomic E-state index is 0.135. The molecule has 0 aliphatic carbocycles. The number of hydrogen-bond acceptors (Lipinski definition) is 4. The van der Waals surface area contributed by atoms with Crippen molar-refractivity contribution in [3.8, 4) is 18.1 Å². The van der Waals surface area contributed by atoms with E-state index in [1.54, 1.807) is 30.6 Å². The molecule has 0 fully saturated rings. The molecule has 0 spiro atoms. The molecule has 0 aliphatic rings. The standard InChI is InChI=1S/C15H16N4O2/c1-3-10-21-14-6-4-13(5-7-14)15(20)16-8-9-19-11-17-18-12(19)2/h1,4-7,11H,8-10H2,2H3,(H,16,20). The first-order valence-corrected chi connectivity index (χ1v) is 6.49. The van der Waals surface area contributed by atoms with Gasteiger partial charge in [-0.3, -0.25) is 4.79 Å². The predicted octanol–water partition coefficient (Wildman–Crippen LogP) is 1.03. The number of nitrogens with one attached hydrogen (secondary N) is 1. The number of rotatable bonds is 6. The van der Waals surface area contributed by atoms with Gasteiger partial charge in [-0.25, -0.2) is 0 Å². The summed E-state index contributed by atoms with van der Waals surface area (Å²) in [6, 6.07) is 6.84. The van der Waals surface area contributed by atoms with E-state index >= 15 is 0 Å². The summed E-state index contributed by atoms with van der Waals surface area (Å²) in [5, 5.41) is 10.5. The molecular weight excluding hydrogens is 268 g/mol. The van der Waals surface area contributed by atoms with Gasteiger partial charge < -0.3 is 14.6 Å². The fourth-order valence-corrected chi connectivity index (χ4v) is 1.75. The Labute approximate surface area is 123 Å². The van der Waals surface area contributed by atoms with Crippen molar-refractivity contribution in [1.29, 1.82) is 0 Å². The summed E-state index contributed by atoms with van der Waals surface area (Å²) in [6.45, 7) is 3.22. The van der Waals surface area contributed by atoms with Crippen molar-refractivity contribution >= 4 is 5.91 Å². The van der Waals surface area contributed by atoms with Crippen LogP contribution in [0.5, 0.6) is 5.75 Å². The minimum atomic E-state index is -0.135. The van der Waals surface area contributed by atoms with Crippen molar-refractivity contribution in [2.75, 3.05) is 13.2 Å². The first-order chi connectivity index (χ1) is 10.2. The van der Waals surface area contributed by atoms with Crippen LogP contribution < -0.4 is 10.1 Å². The second-order valence-corrected chi connectivity index (χ2v) is 4.34. The quantitative estimate of drug-likeness (QED) is 0.804. The van der Waals surface area contributed by atoms with Crippen LogP contribution in [0.2, 0.25) is 0 Å². The molecule has 2 aromatic rings. The second-order valence-electron chi connectivity index (χ2n) is 4.34. The van der Waals surface area contributed by atoms with E-state index in [0.29, 0.717) is 24.4 Å². The molecule has 1 heterocycles. The van der Waals surface area contributed by atoms with Gasteiger partial charge in [0, 0.05) is 18.7 Å². The lowest BCUT2D eigenvalue weighted by Crippen LogP contribution is -2.27. The maximum Gasteiger partial charge on any atom is 0.251 e. The van der Waals surface area contributed by atoms with Gasteiger partial charge in [-0.15, -0.1) is 16.6 Å². The maximum absolute atomic E-state index is 12.0. The molecule has 1 amide bonds. The number of nitrogens with zero attached hydrogens (tertiary/aromatic N) is 3. The second kappa shape index (κ2) is 7.10. The van der Waals surface area contributed by atoms with E-state index in [1.807, 2.05) is 11.5 Å². The van der Waals surface area contributed by atoms with E-state index in [-0.39, 0.29) is 12.5 Å². The van der Waals surface area contributed by atoms with Crippen LogP contribution in [0.4, 0.5) is 0 Å². The fraction of sp³-hybridized carbons (Fsp3) is 0.267. The molecule has 1 aromatic carbocycles. The van der Waals surface area contributed by atoms with Crippen molar-refractivity contribution in [3.63, 3.8) is 0 Å². The number of carbonyl (C=O) groups excluding carboxylic acids is 1. The molecule has 6 heteroatoms. The summed E-state index contributed by atoms with van der Waals surface area (Å²) < 4.78 is 7.12. The van der Waals surface area contributed by atoms with Crippen LogP contribution in [-0.2, 0) is 6.54 Å². The van der Waals surface area contributed by atoms with Crippen LogP contribution in [0, 0.1) is 19.3 Å². The molecule has 0 radical (unpaired) electrons. The summed E-state index contributed by atoms with van der Waals surface area (Å²) in [5.41, 5.74) is 0.573. The number of aromatic nitrogens is 3. The topological polar surface area (TPSA) is 69.0 Å². The van der Waals surface area contributed by atoms with Crippen LogP contribution in [0.15, 0.2) is 30.6 Å². The molecule has 1 aromatic heterocycles. The van der Waals surface area contributed by atoms with Crippen molar-refractivity contribution in [2.24, 2.45) is 0 Å². The van der Waals surface area contributed by atoms with E-state index in [4.69, 9.17) is 11.2 Å². The van der Waals surface area contributed by atoms with E-state index in [1.165, 1.54) is 0 Å². The van der Waals surface area contributed by atoms with Crippen LogP contribution in [0.3, 0.4) is 0 Å². The van der Waals surface area contributed by atoms with Gasteiger partial charge in [0.05, 0.1) is 0 Å². The highest BCUT2D eigenvalue weighted by Gasteiger charge is 2.05. The van der Waals surface area contributed by atoms with Crippen LogP contribution in [0.1, 0.15) is 16.2 Å². The third-order valence-electron chi connectivity index (χ3n) is 2.89. The third kappa shape index (κ3) is 4.08. The van der Waals surface area contributed by atoms with Gasteiger partial charge in [-0.2, -0.15) is 0 Å². The van der Waals surface area contributed by atoms with Gasteiger partial charge in [-0.05, 0) is 31.2 Å². The molecule has 0 aliphatic heterocycles. The summed E-state index contributed by atoms with van der Waals surface area (Å²) in [7, 11) is 0. The predicted molar refractivity (Wildman–Crippen MR) is 77.9 cm³/mol. The molecule has 2 rings (SSSR count). The molecule has 0 saturated heterocycles. The number of terminal acetylenes is 1. The number of aryl methyl sites for hydroxylation is 1. The van der Waals surface area contributed by atoms with Gasteiger partial charge in [0.15, 0.2) is 0 Å². The fourth-order valence-electron chi connectivity index (χ4n) is 1.75. The summed E-state index contributed by atoms with van der Waals surface area (Å²) in [6.07, 6.45) is 6.75. The normalized spacial score (nSPS) is 9.90. The Morgan fingerprint density at radius 2 is 2.19 bits per heavy atom. The van der Waals surface area contributed by atoms with Crippen molar-refractivity contribution in [3.05, 3.63) is 42.0 Å². The molecule has 0 saturated carbocycles. The Balaban J connectivity index is 1.83. The molecule has 1 N–H and O–H groups in total. The number of carbonyl (C=O) groups is 1. The van der Waals surface area contributed by atoms with E-state index in [9.17, 15) is 4.79 Å². The summed E-state index contributed by atoms with van der Waals surface area (Å²) in [5.74, 6) is 3.71. The van der Waals surface area contributed by atoms with Gasteiger partial charge >= 0.3 is 0 Å². The van der Waals surface area contributed by atoms with E-state index < -0.39 is 0 Å². The zero-order valence-corrected chi connectivity index (χ0v) is 11.7. The lowest BCUT2D eigenvalue weighted by Gasteiger charge is -2.07. The monoisotopic (exact) mass is 284 g/mol. The molecule has 21 heavy (non-hydrogen) atoms. The summed E-state index contributed by atoms with van der Waals surface area (Å²) in [4.78, 5) is 12.0. The maximum atomic E-state index is 12.0. The Bertz CT molecular complexity index is 640. The number of benzene rings is 1. The van der Waals surface area contributed by atoms with Crippen molar-refractivity contribution < 1.29 is 9.53 Å². The molecule has 6 nitrogen and oxygen atoms in total. The Kier molecular flexibility index (Phi) is 4.94. The number of hydrogen-bond donors (Lipinski definition) is 1. The third-order valence-corrected chi connectivity index (χ3v) is 2.89. The average molecular weight is 284 g/mol. The molecule has 0 atom stereocenters. The van der Waals surface area contributed by atoms with Gasteiger partial charge in [0.25, 0.3) is 5.91 Å². The SMILES string of the molecule is C#CCOc1ccc(C(=O)NCCn2cnnc2C)cc1. The van der Waals surface area contributed by atoms with Crippen LogP contribution in [-0.4, -0.2) is 33.8 Å². The highest BCUT2D eigenvalue weighted by atomic mass is 16.5. The minimum Gasteiger partial charge on any atom is -0.481 e. The van der Waals surface area contributed by atoms with Crippen LogP contribution >= 0.6 is 0 Å². The Morgan fingerprint density at radius 1 is 1.43 bits per heavy atom. The molecule has 0 unspecified atom stereocenters. The number of amides is 1. The van der Waals surface area contributed by atoms with E-state index in [2.05, 4.69) is 21.4 Å². The Hall–Kier alpha value is -2.81. The molecule has 0 bridgehead atoms. The van der Waals surface area contributed by atoms with Gasteiger partial charge in [-0.1, -0.05) is 5.92 Å². The first-order valence-electron chi connectivity index (χ1n) is 6.49. The highest BCUT2D eigenvalue weighted by Crippen LogP contribution is 2.11. The van der Waals surface area contributed by atoms with Crippen molar-refractivity contribution in [1.82, 2.24) is 20.1 Å². The van der Waals surface area contributed by atoms with Crippen LogP contribution in [0.25, 0.3) is 0 Å². The summed E-state index contributed by atoms with van der Waals surface area (Å²) >= 11 is 0. The largest absolute Gasteiger partial charge is 0.481 e. The average Bonchev–Trinajstić information content (AvgIpc) is 2.91. The smallest absolute Gasteiger partial charge is 0.251 e.